The van der Waals surface area contributed by atoms with Crippen LogP contribution in [-0.4, -0.2) is 25.3 Å². The number of amides is 1. The molecule has 0 saturated heterocycles. The second kappa shape index (κ2) is 8.97. The van der Waals surface area contributed by atoms with Crippen molar-refractivity contribution in [2.75, 3.05) is 6.61 Å². The molecule has 0 heterocycles. The second-order valence-corrected chi connectivity index (χ2v) is 5.40. The molecule has 0 bridgehead atoms. The van der Waals surface area contributed by atoms with Crippen LogP contribution >= 0.6 is 15.9 Å². The van der Waals surface area contributed by atoms with E-state index in [0.717, 1.165) is 4.47 Å². The van der Waals surface area contributed by atoms with E-state index in [-0.39, 0.29) is 12.4 Å². The number of carbonyl (C=O) groups excluding carboxylic acids is 1. The third-order valence-corrected chi connectivity index (χ3v) is 3.22. The molecule has 1 N–H and O–H groups in total. The number of benzene rings is 2. The maximum atomic E-state index is 12.0. The lowest BCUT2D eigenvalue weighted by atomic mass is 10.2. The van der Waals surface area contributed by atoms with E-state index in [4.69, 9.17) is 4.74 Å². The fraction of sp³-hybridized carbons (Fsp3) is 0.125. The number of rotatable bonds is 7. The Labute approximate surface area is 145 Å². The molecule has 2 aromatic carbocycles. The van der Waals surface area contributed by atoms with Crippen molar-refractivity contribution in [2.24, 2.45) is 5.10 Å². The lowest BCUT2D eigenvalue weighted by Gasteiger charge is -2.05. The highest BCUT2D eigenvalue weighted by Crippen LogP contribution is 2.16. The number of alkyl halides is 2. The van der Waals surface area contributed by atoms with Crippen molar-refractivity contribution in [3.05, 3.63) is 58.6 Å². The van der Waals surface area contributed by atoms with Crippen molar-refractivity contribution < 1.29 is 23.0 Å². The van der Waals surface area contributed by atoms with E-state index in [1.807, 2.05) is 0 Å². The van der Waals surface area contributed by atoms with Crippen molar-refractivity contribution in [3.8, 4) is 11.5 Å². The highest BCUT2D eigenvalue weighted by atomic mass is 79.9. The maximum Gasteiger partial charge on any atom is 0.387 e. The number of carbonyl (C=O) groups is 1. The minimum Gasteiger partial charge on any atom is -0.484 e. The van der Waals surface area contributed by atoms with Crippen molar-refractivity contribution in [1.29, 1.82) is 0 Å². The third kappa shape index (κ3) is 6.33. The number of hydrogen-bond donors (Lipinski definition) is 1. The molecule has 0 aromatic heterocycles. The Morgan fingerprint density at radius 1 is 1.12 bits per heavy atom. The summed E-state index contributed by atoms with van der Waals surface area (Å²) in [5.74, 6) is 0.188. The van der Waals surface area contributed by atoms with Crippen LogP contribution in [0.15, 0.2) is 58.1 Å². The van der Waals surface area contributed by atoms with Crippen molar-refractivity contribution in [3.63, 3.8) is 0 Å². The molecule has 0 atom stereocenters. The Balaban J connectivity index is 1.76. The van der Waals surface area contributed by atoms with Gasteiger partial charge in [-0.05, 0) is 54.1 Å². The van der Waals surface area contributed by atoms with Crippen LogP contribution in [0.1, 0.15) is 5.56 Å². The molecule has 0 aliphatic rings. The van der Waals surface area contributed by atoms with Crippen LogP contribution in [-0.2, 0) is 4.79 Å². The van der Waals surface area contributed by atoms with Gasteiger partial charge in [0.25, 0.3) is 5.91 Å². The van der Waals surface area contributed by atoms with E-state index in [1.54, 1.807) is 24.3 Å². The molecule has 0 aliphatic heterocycles. The smallest absolute Gasteiger partial charge is 0.387 e. The van der Waals surface area contributed by atoms with Crippen molar-refractivity contribution in [1.82, 2.24) is 5.43 Å². The number of hydrazone groups is 1. The number of hydrogen-bond acceptors (Lipinski definition) is 4. The molecule has 2 aromatic rings. The molecule has 2 rings (SSSR count). The van der Waals surface area contributed by atoms with Gasteiger partial charge in [-0.15, -0.1) is 0 Å². The Morgan fingerprint density at radius 2 is 1.75 bits per heavy atom. The zero-order valence-electron chi connectivity index (χ0n) is 12.3. The molecular formula is C16H13BrF2N2O3. The van der Waals surface area contributed by atoms with Gasteiger partial charge in [0.1, 0.15) is 11.5 Å². The van der Waals surface area contributed by atoms with Gasteiger partial charge in [-0.2, -0.15) is 13.9 Å². The number of nitrogens with zero attached hydrogens (tertiary/aromatic N) is 1. The van der Waals surface area contributed by atoms with Crippen molar-refractivity contribution in [2.45, 2.75) is 6.61 Å². The molecule has 0 saturated carbocycles. The number of ether oxygens (including phenoxy) is 2. The number of nitrogens with one attached hydrogen (secondary N) is 1. The molecule has 1 amide bonds. The standard InChI is InChI=1S/C16H13BrF2N2O3/c17-12-3-7-13(8-4-12)23-10-15(22)21-20-9-11-1-5-14(6-2-11)24-16(18)19/h1-9,16H,10H2,(H,21,22)/b20-9-. The molecule has 24 heavy (non-hydrogen) atoms. The van der Waals surface area contributed by atoms with E-state index in [1.165, 1.54) is 30.5 Å². The predicted octanol–water partition coefficient (Wildman–Crippen LogP) is 3.58. The monoisotopic (exact) mass is 398 g/mol. The lowest BCUT2D eigenvalue weighted by molar-refractivity contribution is -0.123. The Bertz CT molecular complexity index is 691. The first kappa shape index (κ1) is 17.9. The Kier molecular flexibility index (Phi) is 6.68. The largest absolute Gasteiger partial charge is 0.484 e. The fourth-order valence-electron chi connectivity index (χ4n) is 1.63. The normalized spacial score (nSPS) is 10.8. The summed E-state index contributed by atoms with van der Waals surface area (Å²) in [6, 6.07) is 12.9. The zero-order chi connectivity index (χ0) is 17.4. The van der Waals surface area contributed by atoms with Crippen LogP contribution in [0.2, 0.25) is 0 Å². The van der Waals surface area contributed by atoms with Crippen LogP contribution in [0.4, 0.5) is 8.78 Å². The quantitative estimate of drug-likeness (QED) is 0.572. The Morgan fingerprint density at radius 3 is 2.38 bits per heavy atom. The average molecular weight is 399 g/mol. The molecule has 126 valence electrons. The van der Waals surface area contributed by atoms with Gasteiger partial charge in [-0.25, -0.2) is 5.43 Å². The number of halogens is 3. The van der Waals surface area contributed by atoms with Crippen molar-refractivity contribution >= 4 is 28.1 Å². The molecular weight excluding hydrogens is 386 g/mol. The van der Waals surface area contributed by atoms with Gasteiger partial charge < -0.3 is 9.47 Å². The van der Waals surface area contributed by atoms with Crippen LogP contribution in [0, 0.1) is 0 Å². The van der Waals surface area contributed by atoms with Crippen LogP contribution in [0.25, 0.3) is 0 Å². The van der Waals surface area contributed by atoms with Gasteiger partial charge >= 0.3 is 6.61 Å². The van der Waals surface area contributed by atoms with E-state index in [0.29, 0.717) is 11.3 Å². The molecule has 0 fully saturated rings. The summed E-state index contributed by atoms with van der Waals surface area (Å²) in [5.41, 5.74) is 2.92. The summed E-state index contributed by atoms with van der Waals surface area (Å²) >= 11 is 3.30. The van der Waals surface area contributed by atoms with Gasteiger partial charge in [-0.1, -0.05) is 15.9 Å². The second-order valence-electron chi connectivity index (χ2n) is 4.48. The first-order valence-electron chi connectivity index (χ1n) is 6.78. The summed E-state index contributed by atoms with van der Waals surface area (Å²) in [5, 5.41) is 3.76. The summed E-state index contributed by atoms with van der Waals surface area (Å²) < 4.78 is 34.5. The summed E-state index contributed by atoms with van der Waals surface area (Å²) in [6.45, 7) is -3.05. The predicted molar refractivity (Wildman–Crippen MR) is 88.4 cm³/mol. The maximum absolute atomic E-state index is 12.0. The molecule has 0 spiro atoms. The molecule has 0 unspecified atom stereocenters. The van der Waals surface area contributed by atoms with Crippen LogP contribution < -0.4 is 14.9 Å². The molecule has 8 heteroatoms. The topological polar surface area (TPSA) is 59.9 Å². The first-order chi connectivity index (χ1) is 11.5. The van der Waals surface area contributed by atoms with E-state index >= 15 is 0 Å². The molecule has 0 aliphatic carbocycles. The van der Waals surface area contributed by atoms with Crippen LogP contribution in [0.5, 0.6) is 11.5 Å². The summed E-state index contributed by atoms with van der Waals surface area (Å²) in [6.07, 6.45) is 1.38. The van der Waals surface area contributed by atoms with Gasteiger partial charge in [0.2, 0.25) is 0 Å². The van der Waals surface area contributed by atoms with Gasteiger partial charge in [0.15, 0.2) is 6.61 Å². The Hall–Kier alpha value is -2.48. The van der Waals surface area contributed by atoms with E-state index < -0.39 is 12.5 Å². The van der Waals surface area contributed by atoms with E-state index in [9.17, 15) is 13.6 Å². The minimum absolute atomic E-state index is 0.0501. The zero-order valence-corrected chi connectivity index (χ0v) is 13.9. The van der Waals surface area contributed by atoms with E-state index in [2.05, 4.69) is 31.2 Å². The SMILES string of the molecule is O=C(COc1ccc(Br)cc1)N/N=C\c1ccc(OC(F)F)cc1. The fourth-order valence-corrected chi connectivity index (χ4v) is 1.89. The average Bonchev–Trinajstić information content (AvgIpc) is 2.55. The first-order valence-corrected chi connectivity index (χ1v) is 7.57. The minimum atomic E-state index is -2.87. The lowest BCUT2D eigenvalue weighted by Crippen LogP contribution is -2.24. The van der Waals surface area contributed by atoms with Gasteiger partial charge in [-0.3, -0.25) is 4.79 Å². The van der Waals surface area contributed by atoms with Gasteiger partial charge in [0.05, 0.1) is 6.21 Å². The summed E-state index contributed by atoms with van der Waals surface area (Å²) in [7, 11) is 0. The highest BCUT2D eigenvalue weighted by molar-refractivity contribution is 9.10. The van der Waals surface area contributed by atoms with Gasteiger partial charge in [0, 0.05) is 4.47 Å². The third-order valence-electron chi connectivity index (χ3n) is 2.69. The molecule has 5 nitrogen and oxygen atoms in total. The van der Waals surface area contributed by atoms with Crippen LogP contribution in [0.3, 0.4) is 0 Å². The molecule has 0 radical (unpaired) electrons. The summed E-state index contributed by atoms with van der Waals surface area (Å²) in [4.78, 5) is 11.6. The highest BCUT2D eigenvalue weighted by Gasteiger charge is 2.03.